The molecule has 0 aliphatic rings. The molecule has 76 valence electrons. The highest BCUT2D eigenvalue weighted by atomic mass is 127. The maximum Gasteiger partial charge on any atom is 0.292 e. The van der Waals surface area contributed by atoms with E-state index in [1.165, 1.54) is 6.26 Å². The summed E-state index contributed by atoms with van der Waals surface area (Å²) in [7, 11) is 0. The number of halogens is 1. The number of hydrogen-bond acceptors (Lipinski definition) is 2. The van der Waals surface area contributed by atoms with Gasteiger partial charge in [-0.05, 0) is 40.8 Å². The highest BCUT2D eigenvalue weighted by Gasteiger charge is 2.13. The van der Waals surface area contributed by atoms with E-state index in [9.17, 15) is 4.79 Å². The third-order valence-corrected chi connectivity index (χ3v) is 2.70. The Balaban J connectivity index is 2.15. The van der Waals surface area contributed by atoms with Crippen molar-refractivity contribution in [3.8, 4) is 0 Å². The molecule has 1 N–H and O–H groups in total. The first-order valence-electron chi connectivity index (χ1n) is 4.37. The summed E-state index contributed by atoms with van der Waals surface area (Å²) in [4.78, 5) is 11.7. The van der Waals surface area contributed by atoms with E-state index in [0.29, 0.717) is 5.76 Å². The summed E-state index contributed by atoms with van der Waals surface area (Å²) in [5.74, 6) is 0.120. The van der Waals surface area contributed by atoms with E-state index >= 15 is 0 Å². The molecule has 2 aromatic rings. The average molecular weight is 313 g/mol. The maximum absolute atomic E-state index is 11.7. The highest BCUT2D eigenvalue weighted by molar-refractivity contribution is 14.1. The van der Waals surface area contributed by atoms with Gasteiger partial charge in [-0.25, -0.2) is 0 Å². The van der Waals surface area contributed by atoms with Crippen molar-refractivity contribution in [3.63, 3.8) is 0 Å². The van der Waals surface area contributed by atoms with Gasteiger partial charge in [0.05, 0.1) is 9.83 Å². The third-order valence-electron chi connectivity index (χ3n) is 1.86. The zero-order chi connectivity index (χ0) is 10.7. The summed E-state index contributed by atoms with van der Waals surface area (Å²) in [5, 5.41) is 2.75. The van der Waals surface area contributed by atoms with E-state index < -0.39 is 0 Å². The Labute approximate surface area is 101 Å². The summed E-state index contributed by atoms with van der Waals surface area (Å²) in [6.07, 6.45) is 1.50. The molecule has 0 saturated carbocycles. The zero-order valence-electron chi connectivity index (χ0n) is 7.74. The van der Waals surface area contributed by atoms with Gasteiger partial charge in [-0.1, -0.05) is 18.2 Å². The van der Waals surface area contributed by atoms with Gasteiger partial charge in [0.15, 0.2) is 0 Å². The van der Waals surface area contributed by atoms with E-state index in [4.69, 9.17) is 4.42 Å². The van der Waals surface area contributed by atoms with E-state index in [-0.39, 0.29) is 5.91 Å². The van der Waals surface area contributed by atoms with Crippen LogP contribution in [0, 0.1) is 3.57 Å². The van der Waals surface area contributed by atoms with Crippen LogP contribution < -0.4 is 5.32 Å². The van der Waals surface area contributed by atoms with Gasteiger partial charge in [-0.15, -0.1) is 0 Å². The minimum Gasteiger partial charge on any atom is -0.458 e. The Hall–Kier alpha value is -1.30. The molecular weight excluding hydrogens is 305 g/mol. The van der Waals surface area contributed by atoms with Gasteiger partial charge in [0.2, 0.25) is 5.76 Å². The number of anilines is 1. The second kappa shape index (κ2) is 4.48. The van der Waals surface area contributed by atoms with Crippen LogP contribution in [0.5, 0.6) is 0 Å². The second-order valence-corrected chi connectivity index (χ2v) is 4.08. The summed E-state index contributed by atoms with van der Waals surface area (Å²) >= 11 is 2.06. The number of para-hydroxylation sites is 1. The second-order valence-electron chi connectivity index (χ2n) is 2.92. The van der Waals surface area contributed by atoms with Crippen molar-refractivity contribution in [2.45, 2.75) is 0 Å². The fourth-order valence-corrected chi connectivity index (χ4v) is 1.68. The number of carbonyl (C=O) groups is 1. The Bertz CT molecular complexity index is 464. The molecule has 0 bridgehead atoms. The van der Waals surface area contributed by atoms with Gasteiger partial charge >= 0.3 is 0 Å². The smallest absolute Gasteiger partial charge is 0.292 e. The third kappa shape index (κ3) is 2.38. The Kier molecular flexibility index (Phi) is 3.05. The summed E-state index contributed by atoms with van der Waals surface area (Å²) in [6.45, 7) is 0. The Morgan fingerprint density at radius 3 is 2.53 bits per heavy atom. The fraction of sp³-hybridized carbons (Fsp3) is 0. The molecule has 0 atom stereocenters. The monoisotopic (exact) mass is 313 g/mol. The molecule has 3 nitrogen and oxygen atoms in total. The number of hydrogen-bond donors (Lipinski definition) is 1. The summed E-state index contributed by atoms with van der Waals surface area (Å²) < 4.78 is 5.89. The number of nitrogens with one attached hydrogen (secondary N) is 1. The van der Waals surface area contributed by atoms with Crippen LogP contribution in [0.1, 0.15) is 10.6 Å². The lowest BCUT2D eigenvalue weighted by molar-refractivity contribution is 0.0995. The number of furan rings is 1. The van der Waals surface area contributed by atoms with Crippen molar-refractivity contribution < 1.29 is 9.21 Å². The molecule has 0 aliphatic heterocycles. The van der Waals surface area contributed by atoms with Crippen LogP contribution in [-0.2, 0) is 0 Å². The zero-order valence-corrected chi connectivity index (χ0v) is 9.89. The molecule has 2 rings (SSSR count). The minimum atomic E-state index is -0.226. The number of amides is 1. The molecule has 0 saturated heterocycles. The summed E-state index contributed by atoms with van der Waals surface area (Å²) in [5.41, 5.74) is 0.759. The molecule has 1 aromatic heterocycles. The Morgan fingerprint density at radius 2 is 1.93 bits per heavy atom. The normalized spacial score (nSPS) is 9.93. The van der Waals surface area contributed by atoms with Crippen LogP contribution in [0.3, 0.4) is 0 Å². The lowest BCUT2D eigenvalue weighted by Gasteiger charge is -2.02. The molecule has 0 fully saturated rings. The molecule has 0 aliphatic carbocycles. The van der Waals surface area contributed by atoms with E-state index in [2.05, 4.69) is 27.9 Å². The topological polar surface area (TPSA) is 42.2 Å². The van der Waals surface area contributed by atoms with Crippen molar-refractivity contribution in [2.24, 2.45) is 0 Å². The quantitative estimate of drug-likeness (QED) is 0.866. The molecule has 0 spiro atoms. The van der Waals surface area contributed by atoms with E-state index in [0.717, 1.165) is 9.26 Å². The number of rotatable bonds is 2. The molecular formula is C11H8INO2. The van der Waals surface area contributed by atoms with Crippen molar-refractivity contribution in [3.05, 3.63) is 52.0 Å². The maximum atomic E-state index is 11.7. The largest absolute Gasteiger partial charge is 0.458 e. The minimum absolute atomic E-state index is 0.226. The highest BCUT2D eigenvalue weighted by Crippen LogP contribution is 2.15. The first-order valence-corrected chi connectivity index (χ1v) is 5.44. The van der Waals surface area contributed by atoms with Crippen molar-refractivity contribution >= 4 is 34.2 Å². The van der Waals surface area contributed by atoms with Gasteiger partial charge in [-0.2, -0.15) is 0 Å². The summed E-state index contributed by atoms with van der Waals surface area (Å²) in [6, 6.07) is 11.0. The van der Waals surface area contributed by atoms with Crippen LogP contribution in [0.4, 0.5) is 5.69 Å². The first-order chi connectivity index (χ1) is 7.27. The molecule has 1 amide bonds. The van der Waals surface area contributed by atoms with Gasteiger partial charge < -0.3 is 9.73 Å². The number of carbonyl (C=O) groups excluding carboxylic acids is 1. The van der Waals surface area contributed by atoms with Crippen molar-refractivity contribution in [1.82, 2.24) is 0 Å². The Morgan fingerprint density at radius 1 is 1.20 bits per heavy atom. The molecule has 4 heteroatoms. The van der Waals surface area contributed by atoms with E-state index in [1.807, 2.05) is 30.3 Å². The number of benzene rings is 1. The van der Waals surface area contributed by atoms with Gasteiger partial charge in [0.1, 0.15) is 0 Å². The lowest BCUT2D eigenvalue weighted by atomic mass is 10.3. The molecule has 0 unspecified atom stereocenters. The average Bonchev–Trinajstić information content (AvgIpc) is 2.66. The van der Waals surface area contributed by atoms with Crippen LogP contribution in [0.2, 0.25) is 0 Å². The molecule has 1 heterocycles. The predicted octanol–water partition coefficient (Wildman–Crippen LogP) is 3.14. The van der Waals surface area contributed by atoms with Crippen LogP contribution in [0.25, 0.3) is 0 Å². The van der Waals surface area contributed by atoms with Crippen LogP contribution in [-0.4, -0.2) is 5.91 Å². The van der Waals surface area contributed by atoms with Crippen LogP contribution in [0.15, 0.2) is 47.1 Å². The predicted molar refractivity (Wildman–Crippen MR) is 65.8 cm³/mol. The lowest BCUT2D eigenvalue weighted by Crippen LogP contribution is -2.11. The van der Waals surface area contributed by atoms with E-state index in [1.54, 1.807) is 6.07 Å². The fourth-order valence-electron chi connectivity index (χ4n) is 1.17. The molecule has 15 heavy (non-hydrogen) atoms. The SMILES string of the molecule is O=C(Nc1ccccc1)c1occc1I. The molecule has 1 aromatic carbocycles. The van der Waals surface area contributed by atoms with Gasteiger partial charge in [0.25, 0.3) is 5.91 Å². The van der Waals surface area contributed by atoms with Gasteiger partial charge in [-0.3, -0.25) is 4.79 Å². The van der Waals surface area contributed by atoms with Crippen molar-refractivity contribution in [2.75, 3.05) is 5.32 Å². The van der Waals surface area contributed by atoms with Crippen molar-refractivity contribution in [1.29, 1.82) is 0 Å². The molecule has 0 radical (unpaired) electrons. The first kappa shape index (κ1) is 10.2. The van der Waals surface area contributed by atoms with Crippen LogP contribution >= 0.6 is 22.6 Å². The van der Waals surface area contributed by atoms with Gasteiger partial charge in [0, 0.05) is 5.69 Å². The standard InChI is InChI=1S/C11H8INO2/c12-9-6-7-15-10(9)11(14)13-8-4-2-1-3-5-8/h1-7H,(H,13,14).